The highest BCUT2D eigenvalue weighted by Gasteiger charge is 2.40. The minimum absolute atomic E-state index is 0.0260. The molecule has 2 rings (SSSR count). The van der Waals surface area contributed by atoms with Crippen LogP contribution >= 0.6 is 23.2 Å². The number of halogens is 2. The van der Waals surface area contributed by atoms with Gasteiger partial charge >= 0.3 is 22.4 Å². The number of benzene rings is 1. The lowest BCUT2D eigenvalue weighted by atomic mass is 9.88. The zero-order valence-electron chi connectivity index (χ0n) is 20.6. The predicted molar refractivity (Wildman–Crippen MR) is 133 cm³/mol. The summed E-state index contributed by atoms with van der Waals surface area (Å²) in [6.45, 7) is 10.4. The van der Waals surface area contributed by atoms with Crippen molar-refractivity contribution in [2.45, 2.75) is 59.4 Å². The molecule has 3 N–H and O–H groups in total. The van der Waals surface area contributed by atoms with Crippen molar-refractivity contribution in [3.05, 3.63) is 33.8 Å². The molecule has 0 radical (unpaired) electrons. The molecule has 0 aromatic heterocycles. The lowest BCUT2D eigenvalue weighted by Crippen LogP contribution is -2.46. The highest BCUT2D eigenvalue weighted by molar-refractivity contribution is 7.88. The summed E-state index contributed by atoms with van der Waals surface area (Å²) in [5.74, 6) is -0.661. The van der Waals surface area contributed by atoms with Crippen LogP contribution in [0.5, 0.6) is 0 Å². The third-order valence-electron chi connectivity index (χ3n) is 5.24. The van der Waals surface area contributed by atoms with Gasteiger partial charge in [0.1, 0.15) is 5.60 Å². The van der Waals surface area contributed by atoms with Crippen LogP contribution in [-0.4, -0.2) is 62.0 Å². The van der Waals surface area contributed by atoms with Gasteiger partial charge in [0.05, 0.1) is 28.8 Å². The Bertz CT molecular complexity index is 1040. The van der Waals surface area contributed by atoms with Gasteiger partial charge in [0.15, 0.2) is 0 Å². The second-order valence-corrected chi connectivity index (χ2v) is 12.8. The number of carbonyl (C=O) groups excluding carboxylic acids is 1. The van der Waals surface area contributed by atoms with Crippen LogP contribution in [0.3, 0.4) is 0 Å². The number of nitrogens with one attached hydrogen (secondary N) is 2. The van der Waals surface area contributed by atoms with Crippen molar-refractivity contribution < 1.29 is 32.6 Å². The van der Waals surface area contributed by atoms with E-state index in [-0.39, 0.29) is 24.7 Å². The number of hydrogen-bond donors (Lipinski definition) is 3. The third kappa shape index (κ3) is 8.98. The minimum atomic E-state index is -4.31. The Labute approximate surface area is 216 Å². The van der Waals surface area contributed by atoms with Crippen LogP contribution in [0.1, 0.15) is 53.2 Å². The largest absolute Gasteiger partial charge is 0.465 e. The molecule has 0 spiro atoms. The molecule has 10 nitrogen and oxygen atoms in total. The first kappa shape index (κ1) is 29.4. The fraction of sp³-hybridized carbons (Fsp3) is 0.636. The van der Waals surface area contributed by atoms with Crippen molar-refractivity contribution in [1.29, 1.82) is 0 Å². The number of carboxylic acid groups (broad SMARTS) is 1. The lowest BCUT2D eigenvalue weighted by molar-refractivity contribution is -0.0761. The van der Waals surface area contributed by atoms with Crippen molar-refractivity contribution in [3.63, 3.8) is 0 Å². The standard InChI is InChI=1S/C22H33Cl2N3O7S/c1-21(2,3)17-12-27(20(29)30)11-14(18(33-17)13-7-8-15(23)16(24)9-13)10-25-35(31,32)26-19(28)34-22(4,5)6/h7-9,14,17-18,25H,10-12H2,1-6H3,(H,26,28)(H,29,30)/t14-,17?,18+/m1/s1. The van der Waals surface area contributed by atoms with Crippen molar-refractivity contribution in [1.82, 2.24) is 14.3 Å². The first-order valence-corrected chi connectivity index (χ1v) is 13.2. The van der Waals surface area contributed by atoms with Crippen molar-refractivity contribution in [2.24, 2.45) is 11.3 Å². The Kier molecular flexibility index (Phi) is 9.32. The summed E-state index contributed by atoms with van der Waals surface area (Å²) in [7, 11) is -4.31. The van der Waals surface area contributed by atoms with Gasteiger partial charge in [-0.2, -0.15) is 13.1 Å². The molecule has 1 fully saturated rings. The Balaban J connectivity index is 2.36. The first-order chi connectivity index (χ1) is 15.9. The highest BCUT2D eigenvalue weighted by atomic mass is 35.5. The van der Waals surface area contributed by atoms with Crippen molar-refractivity contribution >= 4 is 45.6 Å². The van der Waals surface area contributed by atoms with E-state index >= 15 is 0 Å². The average molecular weight is 554 g/mol. The number of amides is 2. The number of carbonyl (C=O) groups is 2. The summed E-state index contributed by atoms with van der Waals surface area (Å²) in [5, 5.41) is 10.4. The van der Waals surface area contributed by atoms with Gasteiger partial charge in [0, 0.05) is 19.0 Å². The maximum atomic E-state index is 12.5. The second-order valence-electron chi connectivity index (χ2n) is 10.5. The summed E-state index contributed by atoms with van der Waals surface area (Å²) in [6, 6.07) is 4.92. The molecule has 2 amide bonds. The molecule has 1 saturated heterocycles. The Morgan fingerprint density at radius 3 is 2.29 bits per heavy atom. The molecule has 0 saturated carbocycles. The van der Waals surface area contributed by atoms with Crippen LogP contribution in [0.25, 0.3) is 0 Å². The monoisotopic (exact) mass is 553 g/mol. The van der Waals surface area contributed by atoms with Crippen LogP contribution in [0.4, 0.5) is 9.59 Å². The van der Waals surface area contributed by atoms with Gasteiger partial charge < -0.3 is 19.5 Å². The molecule has 1 aromatic rings. The van der Waals surface area contributed by atoms with E-state index in [9.17, 15) is 23.1 Å². The van der Waals surface area contributed by atoms with E-state index < -0.39 is 51.5 Å². The summed E-state index contributed by atoms with van der Waals surface area (Å²) >= 11 is 12.3. The molecule has 13 heteroatoms. The quantitative estimate of drug-likeness (QED) is 0.490. The Morgan fingerprint density at radius 1 is 1.14 bits per heavy atom. The molecular formula is C22H33Cl2N3O7S. The summed E-state index contributed by atoms with van der Waals surface area (Å²) < 4.78 is 40.5. The molecule has 1 aliphatic rings. The molecule has 1 unspecified atom stereocenters. The van der Waals surface area contributed by atoms with E-state index in [0.29, 0.717) is 10.6 Å². The summed E-state index contributed by atoms with van der Waals surface area (Å²) in [5.41, 5.74) is -0.697. The molecule has 0 bridgehead atoms. The molecule has 0 aliphatic carbocycles. The maximum Gasteiger partial charge on any atom is 0.422 e. The van der Waals surface area contributed by atoms with Gasteiger partial charge in [-0.3, -0.25) is 0 Å². The van der Waals surface area contributed by atoms with E-state index in [4.69, 9.17) is 32.7 Å². The zero-order valence-corrected chi connectivity index (χ0v) is 22.9. The maximum absolute atomic E-state index is 12.5. The zero-order chi connectivity index (χ0) is 26.8. The molecule has 1 aromatic carbocycles. The second kappa shape index (κ2) is 11.1. The van der Waals surface area contributed by atoms with E-state index in [1.807, 2.05) is 20.8 Å². The molecule has 1 aliphatic heterocycles. The topological polar surface area (TPSA) is 134 Å². The molecule has 198 valence electrons. The fourth-order valence-corrected chi connectivity index (χ4v) is 4.57. The van der Waals surface area contributed by atoms with Gasteiger partial charge in [-0.15, -0.1) is 0 Å². The number of ether oxygens (including phenoxy) is 2. The van der Waals surface area contributed by atoms with Gasteiger partial charge in [0.25, 0.3) is 0 Å². The molecule has 1 heterocycles. The Hall–Kier alpha value is -1.79. The van der Waals surface area contributed by atoms with E-state index in [1.165, 1.54) is 4.90 Å². The fourth-order valence-electron chi connectivity index (χ4n) is 3.49. The van der Waals surface area contributed by atoms with Crippen LogP contribution in [0.15, 0.2) is 18.2 Å². The van der Waals surface area contributed by atoms with Crippen LogP contribution in [0.2, 0.25) is 10.0 Å². The smallest absolute Gasteiger partial charge is 0.422 e. The van der Waals surface area contributed by atoms with Crippen LogP contribution in [0, 0.1) is 11.3 Å². The molecule has 3 atom stereocenters. The van der Waals surface area contributed by atoms with Crippen LogP contribution in [-0.2, 0) is 19.7 Å². The van der Waals surface area contributed by atoms with Crippen molar-refractivity contribution in [3.8, 4) is 0 Å². The summed E-state index contributed by atoms with van der Waals surface area (Å²) in [6.07, 6.45) is -3.51. The number of hydrogen-bond acceptors (Lipinski definition) is 6. The molecular weight excluding hydrogens is 521 g/mol. The van der Waals surface area contributed by atoms with Gasteiger partial charge in [-0.25, -0.2) is 14.3 Å². The van der Waals surface area contributed by atoms with Gasteiger partial charge in [-0.1, -0.05) is 50.0 Å². The number of rotatable bonds is 5. The average Bonchev–Trinajstić information content (AvgIpc) is 2.86. The third-order valence-corrected chi connectivity index (χ3v) is 6.96. The van der Waals surface area contributed by atoms with Gasteiger partial charge in [0.2, 0.25) is 0 Å². The van der Waals surface area contributed by atoms with E-state index in [0.717, 1.165) is 0 Å². The summed E-state index contributed by atoms with van der Waals surface area (Å²) in [4.78, 5) is 25.1. The van der Waals surface area contributed by atoms with Crippen molar-refractivity contribution in [2.75, 3.05) is 19.6 Å². The SMILES string of the molecule is CC(C)(C)OC(=O)NS(=O)(=O)NC[C@@H]1CN(C(=O)O)CC(C(C)(C)C)O[C@H]1c1ccc(Cl)c(Cl)c1. The van der Waals surface area contributed by atoms with E-state index in [1.54, 1.807) is 43.7 Å². The molecule has 35 heavy (non-hydrogen) atoms. The lowest BCUT2D eigenvalue weighted by Gasteiger charge is -2.34. The minimum Gasteiger partial charge on any atom is -0.465 e. The Morgan fingerprint density at radius 2 is 1.77 bits per heavy atom. The first-order valence-electron chi connectivity index (χ1n) is 11.0. The van der Waals surface area contributed by atoms with Gasteiger partial charge in [-0.05, 0) is 43.9 Å². The van der Waals surface area contributed by atoms with E-state index in [2.05, 4.69) is 4.72 Å². The van der Waals surface area contributed by atoms with Crippen LogP contribution < -0.4 is 9.44 Å². The normalized spacial score (nSPS) is 21.8. The highest BCUT2D eigenvalue weighted by Crippen LogP contribution is 2.38. The number of nitrogens with zero attached hydrogens (tertiary/aromatic N) is 1. The predicted octanol–water partition coefficient (Wildman–Crippen LogP) is 4.43.